The summed E-state index contributed by atoms with van der Waals surface area (Å²) in [4.78, 5) is 10.8. The van der Waals surface area contributed by atoms with Crippen molar-refractivity contribution < 1.29 is 9.53 Å². The minimum atomic E-state index is 0.351. The van der Waals surface area contributed by atoms with Gasteiger partial charge in [-0.1, -0.05) is 19.1 Å². The Bertz CT molecular complexity index is 372. The van der Waals surface area contributed by atoms with Crippen molar-refractivity contribution in [2.24, 2.45) is 0 Å². The number of nitrogens with one attached hydrogen (secondary N) is 1. The van der Waals surface area contributed by atoms with E-state index < -0.39 is 0 Å². The van der Waals surface area contributed by atoms with Gasteiger partial charge in [-0.2, -0.15) is 0 Å². The highest BCUT2D eigenvalue weighted by atomic mass is 16.5. The Labute approximate surface area is 89.6 Å². The lowest BCUT2D eigenvalue weighted by molar-refractivity contribution is 0.112. The molecule has 0 spiro atoms. The van der Waals surface area contributed by atoms with E-state index in [1.54, 1.807) is 25.1 Å². The van der Waals surface area contributed by atoms with Crippen LogP contribution in [0.2, 0.25) is 0 Å². The van der Waals surface area contributed by atoms with Crippen LogP contribution in [0.4, 0.5) is 0 Å². The van der Waals surface area contributed by atoms with Crippen molar-refractivity contribution in [1.29, 1.82) is 5.41 Å². The minimum absolute atomic E-state index is 0.351. The van der Waals surface area contributed by atoms with Gasteiger partial charge in [0, 0.05) is 16.8 Å². The molecule has 1 aromatic rings. The number of ether oxygens (including phenoxy) is 1. The summed E-state index contributed by atoms with van der Waals surface area (Å²) < 4.78 is 5.49. The molecular formula is C12H15NO2. The number of aldehydes is 1. The Hall–Kier alpha value is -1.64. The normalized spacial score (nSPS) is 9.73. The van der Waals surface area contributed by atoms with Crippen LogP contribution in [0.3, 0.4) is 0 Å². The summed E-state index contributed by atoms with van der Waals surface area (Å²) in [5.74, 6) is 0.619. The van der Waals surface area contributed by atoms with E-state index in [2.05, 4.69) is 0 Å². The first-order valence-corrected chi connectivity index (χ1v) is 4.97. The summed E-state index contributed by atoms with van der Waals surface area (Å²) in [5, 5.41) is 7.62. The Morgan fingerprint density at radius 3 is 2.80 bits per heavy atom. The van der Waals surface area contributed by atoms with Gasteiger partial charge < -0.3 is 10.1 Å². The minimum Gasteiger partial charge on any atom is -0.493 e. The maximum absolute atomic E-state index is 10.8. The predicted molar refractivity (Wildman–Crippen MR) is 60.1 cm³/mol. The zero-order valence-corrected chi connectivity index (χ0v) is 9.04. The summed E-state index contributed by atoms with van der Waals surface area (Å²) in [6.45, 7) is 4.27. The van der Waals surface area contributed by atoms with E-state index in [9.17, 15) is 4.79 Å². The molecule has 0 aromatic heterocycles. The van der Waals surface area contributed by atoms with Gasteiger partial charge in [-0.15, -0.1) is 0 Å². The number of benzene rings is 1. The van der Waals surface area contributed by atoms with Crippen LogP contribution < -0.4 is 4.74 Å². The van der Waals surface area contributed by atoms with Crippen LogP contribution in [0.15, 0.2) is 18.2 Å². The van der Waals surface area contributed by atoms with Gasteiger partial charge in [0.15, 0.2) is 6.29 Å². The van der Waals surface area contributed by atoms with Gasteiger partial charge >= 0.3 is 0 Å². The van der Waals surface area contributed by atoms with E-state index in [4.69, 9.17) is 10.1 Å². The fourth-order valence-electron chi connectivity index (χ4n) is 1.38. The Morgan fingerprint density at radius 1 is 1.53 bits per heavy atom. The molecule has 0 aliphatic rings. The molecule has 0 bridgehead atoms. The third-order valence-electron chi connectivity index (χ3n) is 2.02. The molecule has 3 nitrogen and oxygen atoms in total. The third-order valence-corrected chi connectivity index (χ3v) is 2.02. The monoisotopic (exact) mass is 205 g/mol. The Balaban J connectivity index is 3.13. The Morgan fingerprint density at radius 2 is 2.27 bits per heavy atom. The van der Waals surface area contributed by atoms with Crippen LogP contribution in [-0.4, -0.2) is 18.6 Å². The SMILES string of the molecule is CCCOc1cccc(C=O)c1C(C)=N. The predicted octanol–water partition coefficient (Wildman–Crippen LogP) is 2.68. The van der Waals surface area contributed by atoms with Crippen molar-refractivity contribution in [3.63, 3.8) is 0 Å². The van der Waals surface area contributed by atoms with E-state index in [1.165, 1.54) is 0 Å². The van der Waals surface area contributed by atoms with Crippen LogP contribution in [0, 0.1) is 5.41 Å². The fraction of sp³-hybridized carbons (Fsp3) is 0.333. The molecule has 0 aliphatic carbocycles. The van der Waals surface area contributed by atoms with Gasteiger partial charge in [0.05, 0.1) is 6.61 Å². The molecule has 0 saturated carbocycles. The van der Waals surface area contributed by atoms with Crippen molar-refractivity contribution in [2.75, 3.05) is 6.61 Å². The number of rotatable bonds is 5. The third kappa shape index (κ3) is 2.65. The second-order valence-corrected chi connectivity index (χ2v) is 3.31. The summed E-state index contributed by atoms with van der Waals surface area (Å²) in [6, 6.07) is 5.25. The van der Waals surface area contributed by atoms with E-state index in [-0.39, 0.29) is 0 Å². The van der Waals surface area contributed by atoms with E-state index >= 15 is 0 Å². The highest BCUT2D eigenvalue weighted by molar-refractivity contribution is 6.05. The molecule has 0 amide bonds. The molecule has 0 atom stereocenters. The average molecular weight is 205 g/mol. The lowest BCUT2D eigenvalue weighted by Gasteiger charge is -2.11. The van der Waals surface area contributed by atoms with Crippen LogP contribution >= 0.6 is 0 Å². The molecule has 0 heterocycles. The molecular weight excluding hydrogens is 190 g/mol. The van der Waals surface area contributed by atoms with Gasteiger partial charge in [-0.3, -0.25) is 4.79 Å². The zero-order chi connectivity index (χ0) is 11.3. The molecule has 0 saturated heterocycles. The van der Waals surface area contributed by atoms with Gasteiger partial charge in [0.25, 0.3) is 0 Å². The van der Waals surface area contributed by atoms with Gasteiger partial charge in [-0.05, 0) is 19.4 Å². The first kappa shape index (κ1) is 11.4. The van der Waals surface area contributed by atoms with Crippen molar-refractivity contribution >= 4 is 12.0 Å². The molecule has 0 aliphatic heterocycles. The largest absolute Gasteiger partial charge is 0.493 e. The van der Waals surface area contributed by atoms with Gasteiger partial charge in [-0.25, -0.2) is 0 Å². The summed E-state index contributed by atoms with van der Waals surface area (Å²) in [6.07, 6.45) is 1.66. The molecule has 0 unspecified atom stereocenters. The van der Waals surface area contributed by atoms with Gasteiger partial charge in [0.2, 0.25) is 0 Å². The number of carbonyl (C=O) groups is 1. The molecule has 1 rings (SSSR count). The first-order valence-electron chi connectivity index (χ1n) is 4.97. The Kier molecular flexibility index (Phi) is 4.03. The van der Waals surface area contributed by atoms with E-state index in [0.717, 1.165) is 12.7 Å². The molecule has 80 valence electrons. The number of hydrogen-bond donors (Lipinski definition) is 1. The van der Waals surface area contributed by atoms with Crippen LogP contribution in [-0.2, 0) is 0 Å². The molecule has 3 heteroatoms. The van der Waals surface area contributed by atoms with Crippen LogP contribution in [0.25, 0.3) is 0 Å². The smallest absolute Gasteiger partial charge is 0.150 e. The zero-order valence-electron chi connectivity index (χ0n) is 9.04. The first-order chi connectivity index (χ1) is 7.20. The summed E-state index contributed by atoms with van der Waals surface area (Å²) in [5.41, 5.74) is 1.46. The lowest BCUT2D eigenvalue weighted by atomic mass is 10.0. The van der Waals surface area contributed by atoms with Gasteiger partial charge in [0.1, 0.15) is 5.75 Å². The number of hydrogen-bond acceptors (Lipinski definition) is 3. The average Bonchev–Trinajstić information content (AvgIpc) is 2.25. The number of carbonyl (C=O) groups excluding carboxylic acids is 1. The maximum atomic E-state index is 10.8. The quantitative estimate of drug-likeness (QED) is 0.593. The van der Waals surface area contributed by atoms with Crippen molar-refractivity contribution in [3.05, 3.63) is 29.3 Å². The topological polar surface area (TPSA) is 50.2 Å². The fourth-order valence-corrected chi connectivity index (χ4v) is 1.38. The maximum Gasteiger partial charge on any atom is 0.150 e. The van der Waals surface area contributed by atoms with E-state index in [0.29, 0.717) is 29.2 Å². The highest BCUT2D eigenvalue weighted by Crippen LogP contribution is 2.22. The molecule has 0 fully saturated rings. The highest BCUT2D eigenvalue weighted by Gasteiger charge is 2.10. The second-order valence-electron chi connectivity index (χ2n) is 3.31. The van der Waals surface area contributed by atoms with E-state index in [1.807, 2.05) is 6.92 Å². The standard InChI is InChI=1S/C12H15NO2/c1-3-7-15-11-6-4-5-10(8-14)12(11)9(2)13/h4-6,8,13H,3,7H2,1-2H3. The molecule has 1 N–H and O–H groups in total. The summed E-state index contributed by atoms with van der Waals surface area (Å²) in [7, 11) is 0. The van der Waals surface area contributed by atoms with Crippen molar-refractivity contribution in [2.45, 2.75) is 20.3 Å². The molecule has 15 heavy (non-hydrogen) atoms. The second kappa shape index (κ2) is 5.29. The molecule has 0 radical (unpaired) electrons. The van der Waals surface area contributed by atoms with Crippen molar-refractivity contribution in [1.82, 2.24) is 0 Å². The summed E-state index contributed by atoms with van der Waals surface area (Å²) >= 11 is 0. The lowest BCUT2D eigenvalue weighted by Crippen LogP contribution is -2.05. The van der Waals surface area contributed by atoms with Crippen LogP contribution in [0.1, 0.15) is 36.2 Å². The molecule has 1 aromatic carbocycles. The van der Waals surface area contributed by atoms with Crippen molar-refractivity contribution in [3.8, 4) is 5.75 Å². The van der Waals surface area contributed by atoms with Crippen LogP contribution in [0.5, 0.6) is 5.75 Å².